The van der Waals surface area contributed by atoms with Crippen molar-refractivity contribution in [1.29, 1.82) is 0 Å². The minimum Gasteiger partial charge on any atom is -0.490 e. The lowest BCUT2D eigenvalue weighted by molar-refractivity contribution is -0.128. The first-order valence-electron chi connectivity index (χ1n) is 9.06. The standard InChI is InChI=1S/C20H21N3O5S/c1-2-11-26-16-9-5-6-10-17(16)27-12-18(24)22-23-19(25)13-29-20-21-14-7-3-4-8-15(14)28-20/h3-10H,2,11-13H2,1H3,(H,22,24)(H,23,25). The summed E-state index contributed by atoms with van der Waals surface area (Å²) in [6, 6.07) is 14.4. The number of oxazole rings is 1. The summed E-state index contributed by atoms with van der Waals surface area (Å²) in [5.41, 5.74) is 6.02. The zero-order valence-corrected chi connectivity index (χ0v) is 16.7. The number of rotatable bonds is 9. The van der Waals surface area contributed by atoms with Gasteiger partial charge >= 0.3 is 0 Å². The normalized spacial score (nSPS) is 10.5. The first-order valence-corrected chi connectivity index (χ1v) is 10.0. The van der Waals surface area contributed by atoms with Gasteiger partial charge in [-0.05, 0) is 30.7 Å². The van der Waals surface area contributed by atoms with Crippen molar-refractivity contribution in [2.24, 2.45) is 0 Å². The third-order valence-electron chi connectivity index (χ3n) is 3.61. The molecule has 152 valence electrons. The first kappa shape index (κ1) is 20.5. The van der Waals surface area contributed by atoms with E-state index in [-0.39, 0.29) is 12.4 Å². The lowest BCUT2D eigenvalue weighted by atomic mass is 10.3. The average Bonchev–Trinajstić information content (AvgIpc) is 3.17. The molecule has 0 aliphatic rings. The molecular weight excluding hydrogens is 394 g/mol. The summed E-state index contributed by atoms with van der Waals surface area (Å²) in [6.45, 7) is 2.30. The molecule has 1 heterocycles. The highest BCUT2D eigenvalue weighted by molar-refractivity contribution is 7.99. The van der Waals surface area contributed by atoms with E-state index in [1.54, 1.807) is 24.3 Å². The third kappa shape index (κ3) is 6.15. The summed E-state index contributed by atoms with van der Waals surface area (Å²) in [7, 11) is 0. The molecule has 3 rings (SSSR count). The van der Waals surface area contributed by atoms with Gasteiger partial charge in [0.05, 0.1) is 12.4 Å². The maximum absolute atomic E-state index is 11.9. The molecule has 2 amide bonds. The highest BCUT2D eigenvalue weighted by Gasteiger charge is 2.11. The van der Waals surface area contributed by atoms with Gasteiger partial charge in [0.25, 0.3) is 11.1 Å². The van der Waals surface area contributed by atoms with Gasteiger partial charge in [0.2, 0.25) is 5.91 Å². The zero-order chi connectivity index (χ0) is 20.5. The Morgan fingerprint density at radius 3 is 2.45 bits per heavy atom. The number of hydrazine groups is 1. The number of para-hydroxylation sites is 4. The predicted octanol–water partition coefficient (Wildman–Crippen LogP) is 2.94. The van der Waals surface area contributed by atoms with Crippen LogP contribution >= 0.6 is 11.8 Å². The minimum atomic E-state index is -0.490. The molecule has 0 unspecified atom stereocenters. The van der Waals surface area contributed by atoms with Gasteiger partial charge in [0.15, 0.2) is 23.7 Å². The molecule has 0 aliphatic heterocycles. The topological polar surface area (TPSA) is 103 Å². The number of hydrogen-bond donors (Lipinski definition) is 2. The molecule has 0 saturated carbocycles. The molecular formula is C20H21N3O5S. The Hall–Kier alpha value is -3.20. The predicted molar refractivity (Wildman–Crippen MR) is 109 cm³/mol. The zero-order valence-electron chi connectivity index (χ0n) is 15.8. The van der Waals surface area contributed by atoms with Gasteiger partial charge in [-0.3, -0.25) is 20.4 Å². The van der Waals surface area contributed by atoms with Crippen LogP contribution in [0.5, 0.6) is 11.5 Å². The van der Waals surface area contributed by atoms with Crippen LogP contribution in [-0.2, 0) is 9.59 Å². The van der Waals surface area contributed by atoms with Crippen LogP contribution in [0.25, 0.3) is 11.1 Å². The Labute approximate surface area is 171 Å². The largest absolute Gasteiger partial charge is 0.490 e. The molecule has 0 radical (unpaired) electrons. The molecule has 0 atom stereocenters. The number of amides is 2. The van der Waals surface area contributed by atoms with E-state index in [1.807, 2.05) is 31.2 Å². The second kappa shape index (κ2) is 10.4. The summed E-state index contributed by atoms with van der Waals surface area (Å²) in [5.74, 6) is 0.199. The second-order valence-electron chi connectivity index (χ2n) is 5.92. The van der Waals surface area contributed by atoms with Gasteiger partial charge in [-0.15, -0.1) is 0 Å². The molecule has 0 fully saturated rings. The van der Waals surface area contributed by atoms with Crippen LogP contribution in [0.3, 0.4) is 0 Å². The number of carbonyl (C=O) groups excluding carboxylic acids is 2. The second-order valence-corrected chi connectivity index (χ2v) is 6.84. The molecule has 0 spiro atoms. The molecule has 1 aromatic heterocycles. The molecule has 3 aromatic rings. The van der Waals surface area contributed by atoms with Gasteiger partial charge in [0.1, 0.15) is 5.52 Å². The van der Waals surface area contributed by atoms with E-state index in [2.05, 4.69) is 15.8 Å². The van der Waals surface area contributed by atoms with Crippen molar-refractivity contribution in [2.45, 2.75) is 18.6 Å². The molecule has 29 heavy (non-hydrogen) atoms. The van der Waals surface area contributed by atoms with Crippen molar-refractivity contribution in [3.8, 4) is 11.5 Å². The maximum Gasteiger partial charge on any atom is 0.276 e. The van der Waals surface area contributed by atoms with Crippen LogP contribution in [0, 0.1) is 0 Å². The van der Waals surface area contributed by atoms with Gasteiger partial charge < -0.3 is 13.9 Å². The fourth-order valence-electron chi connectivity index (χ4n) is 2.30. The Morgan fingerprint density at radius 2 is 1.69 bits per heavy atom. The number of ether oxygens (including phenoxy) is 2. The van der Waals surface area contributed by atoms with Crippen LogP contribution in [-0.4, -0.2) is 35.8 Å². The van der Waals surface area contributed by atoms with Crippen molar-refractivity contribution >= 4 is 34.7 Å². The quantitative estimate of drug-likeness (QED) is 0.409. The summed E-state index contributed by atoms with van der Waals surface area (Å²) in [5, 5.41) is 0.389. The van der Waals surface area contributed by atoms with E-state index in [0.29, 0.717) is 28.9 Å². The molecule has 8 nitrogen and oxygen atoms in total. The fraction of sp³-hybridized carbons (Fsp3) is 0.250. The van der Waals surface area contributed by atoms with E-state index in [9.17, 15) is 9.59 Å². The highest BCUT2D eigenvalue weighted by atomic mass is 32.2. The summed E-state index contributed by atoms with van der Waals surface area (Å²) >= 11 is 1.14. The van der Waals surface area contributed by atoms with Crippen LogP contribution in [0.4, 0.5) is 0 Å². The van der Waals surface area contributed by atoms with Crippen molar-refractivity contribution < 1.29 is 23.5 Å². The van der Waals surface area contributed by atoms with Crippen molar-refractivity contribution in [2.75, 3.05) is 19.0 Å². The average molecular weight is 415 g/mol. The summed E-state index contributed by atoms with van der Waals surface area (Å²) < 4.78 is 16.6. The number of carbonyl (C=O) groups is 2. The molecule has 2 aromatic carbocycles. The lowest BCUT2D eigenvalue weighted by Crippen LogP contribution is -2.44. The Balaban J connectivity index is 1.39. The number of fused-ring (bicyclic) bond motifs is 1. The Bertz CT molecular complexity index is 942. The SMILES string of the molecule is CCCOc1ccccc1OCC(=O)NNC(=O)CSc1nc2ccccc2o1. The molecule has 0 bridgehead atoms. The highest BCUT2D eigenvalue weighted by Crippen LogP contribution is 2.26. The van der Waals surface area contributed by atoms with E-state index in [0.717, 1.165) is 23.7 Å². The Morgan fingerprint density at radius 1 is 1.00 bits per heavy atom. The number of hydrogen-bond acceptors (Lipinski definition) is 7. The molecule has 2 N–H and O–H groups in total. The summed E-state index contributed by atoms with van der Waals surface area (Å²) in [4.78, 5) is 28.1. The monoisotopic (exact) mass is 415 g/mol. The maximum atomic E-state index is 11.9. The molecule has 0 saturated heterocycles. The summed E-state index contributed by atoms with van der Waals surface area (Å²) in [6.07, 6.45) is 0.864. The van der Waals surface area contributed by atoms with Crippen molar-refractivity contribution in [3.05, 3.63) is 48.5 Å². The third-order valence-corrected chi connectivity index (χ3v) is 4.44. The van der Waals surface area contributed by atoms with Gasteiger partial charge in [-0.2, -0.15) is 0 Å². The van der Waals surface area contributed by atoms with Crippen LogP contribution in [0.1, 0.15) is 13.3 Å². The smallest absolute Gasteiger partial charge is 0.276 e. The van der Waals surface area contributed by atoms with E-state index in [4.69, 9.17) is 13.9 Å². The van der Waals surface area contributed by atoms with E-state index < -0.39 is 11.8 Å². The lowest BCUT2D eigenvalue weighted by Gasteiger charge is -2.12. The van der Waals surface area contributed by atoms with Gasteiger partial charge in [-0.1, -0.05) is 43.0 Å². The number of nitrogens with zero attached hydrogens (tertiary/aromatic N) is 1. The number of benzene rings is 2. The number of aromatic nitrogens is 1. The van der Waals surface area contributed by atoms with Gasteiger partial charge in [-0.25, -0.2) is 4.98 Å². The number of nitrogens with one attached hydrogen (secondary N) is 2. The van der Waals surface area contributed by atoms with Crippen LogP contribution < -0.4 is 20.3 Å². The van der Waals surface area contributed by atoms with Crippen LogP contribution in [0.2, 0.25) is 0 Å². The first-order chi connectivity index (χ1) is 14.2. The molecule has 0 aliphatic carbocycles. The van der Waals surface area contributed by atoms with Crippen molar-refractivity contribution in [1.82, 2.24) is 15.8 Å². The van der Waals surface area contributed by atoms with E-state index >= 15 is 0 Å². The number of thioether (sulfide) groups is 1. The molecule has 9 heteroatoms. The fourth-order valence-corrected chi connectivity index (χ4v) is 2.93. The van der Waals surface area contributed by atoms with Crippen molar-refractivity contribution in [3.63, 3.8) is 0 Å². The van der Waals surface area contributed by atoms with E-state index in [1.165, 1.54) is 0 Å². The minimum absolute atomic E-state index is 0.0433. The van der Waals surface area contributed by atoms with Gasteiger partial charge in [0, 0.05) is 0 Å². The van der Waals surface area contributed by atoms with Crippen LogP contribution in [0.15, 0.2) is 58.2 Å². The Kier molecular flexibility index (Phi) is 7.34.